The Kier molecular flexibility index (Phi) is 8.01. The lowest BCUT2D eigenvalue weighted by Gasteiger charge is -2.26. The number of piperidine rings is 1. The predicted molar refractivity (Wildman–Crippen MR) is 86.7 cm³/mol. The minimum absolute atomic E-state index is 0.317. The smallest absolute Gasteiger partial charge is 0.0813 e. The largest absolute Gasteiger partial charge is 0.377 e. The summed E-state index contributed by atoms with van der Waals surface area (Å²) >= 11 is 0. The van der Waals surface area contributed by atoms with Gasteiger partial charge in [-0.15, -0.1) is 0 Å². The highest BCUT2D eigenvalue weighted by Gasteiger charge is 2.25. The molecule has 0 aliphatic carbocycles. The van der Waals surface area contributed by atoms with Gasteiger partial charge in [0.2, 0.25) is 0 Å². The van der Waals surface area contributed by atoms with Crippen molar-refractivity contribution < 1.29 is 9.47 Å². The van der Waals surface area contributed by atoms with Crippen LogP contribution in [0.2, 0.25) is 0 Å². The normalized spacial score (nSPS) is 27.6. The van der Waals surface area contributed by atoms with Crippen molar-refractivity contribution in [2.75, 3.05) is 45.9 Å². The van der Waals surface area contributed by atoms with Crippen molar-refractivity contribution in [3.05, 3.63) is 0 Å². The summed E-state index contributed by atoms with van der Waals surface area (Å²) in [4.78, 5) is 2.53. The van der Waals surface area contributed by atoms with E-state index in [9.17, 15) is 0 Å². The zero-order chi connectivity index (χ0) is 14.9. The van der Waals surface area contributed by atoms with Crippen molar-refractivity contribution in [2.45, 2.75) is 58.2 Å². The van der Waals surface area contributed by atoms with Gasteiger partial charge in [-0.25, -0.2) is 0 Å². The van der Waals surface area contributed by atoms with E-state index in [0.717, 1.165) is 39.3 Å². The molecule has 0 aromatic rings. The minimum Gasteiger partial charge on any atom is -0.377 e. The first-order chi connectivity index (χ1) is 10.2. The molecule has 1 N–H and O–H groups in total. The quantitative estimate of drug-likeness (QED) is 0.662. The number of hydrogen-bond donors (Lipinski definition) is 1. The number of likely N-dealkylation sites (tertiary alicyclic amines) is 1. The molecule has 0 radical (unpaired) electrons. The lowest BCUT2D eigenvalue weighted by atomic mass is 10.1. The molecule has 2 rings (SSSR count). The number of nitrogens with one attached hydrogen (secondary N) is 1. The molecule has 2 unspecified atom stereocenters. The van der Waals surface area contributed by atoms with Crippen LogP contribution in [0.25, 0.3) is 0 Å². The Labute approximate surface area is 130 Å². The van der Waals surface area contributed by atoms with E-state index in [4.69, 9.17) is 9.47 Å². The fourth-order valence-corrected chi connectivity index (χ4v) is 3.18. The maximum absolute atomic E-state index is 6.03. The van der Waals surface area contributed by atoms with Gasteiger partial charge in [0.15, 0.2) is 0 Å². The average Bonchev–Trinajstić information content (AvgIpc) is 2.92. The Morgan fingerprint density at radius 3 is 2.67 bits per heavy atom. The van der Waals surface area contributed by atoms with E-state index < -0.39 is 0 Å². The molecule has 2 heterocycles. The van der Waals surface area contributed by atoms with E-state index in [0.29, 0.717) is 18.1 Å². The summed E-state index contributed by atoms with van der Waals surface area (Å²) in [6, 6.07) is 0. The molecule has 0 aromatic carbocycles. The molecule has 2 saturated heterocycles. The number of rotatable bonds is 9. The van der Waals surface area contributed by atoms with Gasteiger partial charge in [0.25, 0.3) is 0 Å². The molecule has 4 nitrogen and oxygen atoms in total. The first kappa shape index (κ1) is 17.2. The van der Waals surface area contributed by atoms with Crippen LogP contribution < -0.4 is 5.32 Å². The summed E-state index contributed by atoms with van der Waals surface area (Å²) in [5.41, 5.74) is 0. The second-order valence-corrected chi connectivity index (χ2v) is 6.99. The van der Waals surface area contributed by atoms with E-state index in [1.807, 2.05) is 0 Å². The summed E-state index contributed by atoms with van der Waals surface area (Å²) in [6.07, 6.45) is 7.15. The van der Waals surface area contributed by atoms with Gasteiger partial charge in [0.1, 0.15) is 0 Å². The van der Waals surface area contributed by atoms with Gasteiger partial charge in [-0.05, 0) is 51.2 Å². The molecule has 2 aliphatic heterocycles. The van der Waals surface area contributed by atoms with Crippen LogP contribution in [0.5, 0.6) is 0 Å². The third-order valence-electron chi connectivity index (χ3n) is 4.42. The second-order valence-electron chi connectivity index (χ2n) is 6.99. The lowest BCUT2D eigenvalue weighted by Crippen LogP contribution is -2.33. The molecule has 0 spiro atoms. The van der Waals surface area contributed by atoms with Crippen molar-refractivity contribution in [1.29, 1.82) is 0 Å². The Bertz CT molecular complexity index is 268. The fraction of sp³-hybridized carbons (Fsp3) is 1.00. The van der Waals surface area contributed by atoms with Crippen LogP contribution in [0.1, 0.15) is 46.0 Å². The van der Waals surface area contributed by atoms with Gasteiger partial charge in [-0.2, -0.15) is 0 Å². The maximum atomic E-state index is 6.03. The van der Waals surface area contributed by atoms with Gasteiger partial charge in [0.05, 0.1) is 25.4 Å². The monoisotopic (exact) mass is 298 g/mol. The highest BCUT2D eigenvalue weighted by atomic mass is 16.5. The zero-order valence-electron chi connectivity index (χ0n) is 14.0. The van der Waals surface area contributed by atoms with E-state index in [1.165, 1.54) is 38.8 Å². The summed E-state index contributed by atoms with van der Waals surface area (Å²) in [6.45, 7) is 11.8. The van der Waals surface area contributed by atoms with Crippen LogP contribution in [0.4, 0.5) is 0 Å². The minimum atomic E-state index is 0.317. The standard InChI is InChI=1S/C17H34N2O2/c1-15(2)12-18-13-16-6-7-17(21-16)14-20-11-10-19-8-4-3-5-9-19/h15-18H,3-14H2,1-2H3. The molecule has 21 heavy (non-hydrogen) atoms. The Morgan fingerprint density at radius 1 is 1.14 bits per heavy atom. The zero-order valence-corrected chi connectivity index (χ0v) is 14.0. The lowest BCUT2D eigenvalue weighted by molar-refractivity contribution is -0.0188. The average molecular weight is 298 g/mol. The summed E-state index contributed by atoms with van der Waals surface area (Å²) in [5, 5.41) is 3.49. The molecule has 2 fully saturated rings. The molecule has 0 amide bonds. The molecule has 0 aromatic heterocycles. The van der Waals surface area contributed by atoms with E-state index in [2.05, 4.69) is 24.1 Å². The highest BCUT2D eigenvalue weighted by Crippen LogP contribution is 2.19. The van der Waals surface area contributed by atoms with Gasteiger partial charge < -0.3 is 19.7 Å². The molecular weight excluding hydrogens is 264 g/mol. The molecule has 124 valence electrons. The van der Waals surface area contributed by atoms with Crippen LogP contribution in [0.15, 0.2) is 0 Å². The summed E-state index contributed by atoms with van der Waals surface area (Å²) < 4.78 is 11.9. The van der Waals surface area contributed by atoms with E-state index >= 15 is 0 Å². The molecule has 0 saturated carbocycles. The third-order valence-corrected chi connectivity index (χ3v) is 4.42. The van der Waals surface area contributed by atoms with Crippen molar-refractivity contribution >= 4 is 0 Å². The third kappa shape index (κ3) is 7.09. The van der Waals surface area contributed by atoms with Gasteiger partial charge in [-0.1, -0.05) is 20.3 Å². The van der Waals surface area contributed by atoms with E-state index in [1.54, 1.807) is 0 Å². The van der Waals surface area contributed by atoms with Crippen LogP contribution in [0, 0.1) is 5.92 Å². The summed E-state index contributed by atoms with van der Waals surface area (Å²) in [5.74, 6) is 0.709. The molecular formula is C17H34N2O2. The van der Waals surface area contributed by atoms with Crippen molar-refractivity contribution in [2.24, 2.45) is 5.92 Å². The Hall–Kier alpha value is -0.160. The van der Waals surface area contributed by atoms with Crippen molar-refractivity contribution in [1.82, 2.24) is 10.2 Å². The molecule has 0 bridgehead atoms. The first-order valence-electron chi connectivity index (χ1n) is 8.90. The maximum Gasteiger partial charge on any atom is 0.0813 e. The molecule has 4 heteroatoms. The Morgan fingerprint density at radius 2 is 1.90 bits per heavy atom. The molecule has 2 aliphatic rings. The highest BCUT2D eigenvalue weighted by molar-refractivity contribution is 4.75. The first-order valence-corrected chi connectivity index (χ1v) is 8.90. The van der Waals surface area contributed by atoms with Crippen LogP contribution in [0.3, 0.4) is 0 Å². The number of ether oxygens (including phenoxy) is 2. The van der Waals surface area contributed by atoms with Crippen molar-refractivity contribution in [3.63, 3.8) is 0 Å². The summed E-state index contributed by atoms with van der Waals surface area (Å²) in [7, 11) is 0. The number of hydrogen-bond acceptors (Lipinski definition) is 4. The topological polar surface area (TPSA) is 33.7 Å². The van der Waals surface area contributed by atoms with Crippen molar-refractivity contribution in [3.8, 4) is 0 Å². The fourth-order valence-electron chi connectivity index (χ4n) is 3.18. The van der Waals surface area contributed by atoms with Crippen LogP contribution in [-0.2, 0) is 9.47 Å². The second kappa shape index (κ2) is 9.78. The Balaban J connectivity index is 1.46. The predicted octanol–water partition coefficient (Wildman–Crippen LogP) is 2.28. The van der Waals surface area contributed by atoms with Gasteiger partial charge in [-0.3, -0.25) is 0 Å². The van der Waals surface area contributed by atoms with Gasteiger partial charge in [0, 0.05) is 13.1 Å². The van der Waals surface area contributed by atoms with Crippen LogP contribution in [-0.4, -0.2) is 63.0 Å². The molecule has 2 atom stereocenters. The van der Waals surface area contributed by atoms with Crippen LogP contribution >= 0.6 is 0 Å². The number of nitrogens with zero attached hydrogens (tertiary/aromatic N) is 1. The van der Waals surface area contributed by atoms with E-state index in [-0.39, 0.29) is 0 Å². The SMILES string of the molecule is CC(C)CNCC1CCC(COCCN2CCCCC2)O1. The van der Waals surface area contributed by atoms with Gasteiger partial charge >= 0.3 is 0 Å².